The van der Waals surface area contributed by atoms with Gasteiger partial charge in [0, 0.05) is 18.2 Å². The van der Waals surface area contributed by atoms with Crippen molar-refractivity contribution in [2.75, 3.05) is 19.8 Å². The predicted molar refractivity (Wildman–Crippen MR) is 60.6 cm³/mol. The Morgan fingerprint density at radius 2 is 1.93 bits per heavy atom. The Kier molecular flexibility index (Phi) is 4.39. The maximum absolute atomic E-state index is 5.52. The molecule has 0 N–H and O–H groups in total. The minimum atomic E-state index is 0.439. The monoisotopic (exact) mass is 199 g/mol. The van der Waals surface area contributed by atoms with E-state index in [2.05, 4.69) is 18.7 Å². The van der Waals surface area contributed by atoms with Crippen LogP contribution < -0.4 is 0 Å². The lowest BCUT2D eigenvalue weighted by atomic mass is 9.94. The number of ether oxygens (including phenoxy) is 1. The molecule has 0 aromatic rings. The lowest BCUT2D eigenvalue weighted by Gasteiger charge is -2.36. The minimum absolute atomic E-state index is 0.439. The molecule has 0 saturated carbocycles. The Labute approximate surface area is 88.6 Å². The van der Waals surface area contributed by atoms with Crippen LogP contribution in [0.2, 0.25) is 0 Å². The van der Waals surface area contributed by atoms with E-state index < -0.39 is 0 Å². The van der Waals surface area contributed by atoms with Crippen LogP contribution in [0.25, 0.3) is 0 Å². The van der Waals surface area contributed by atoms with E-state index in [0.29, 0.717) is 11.6 Å². The third kappa shape index (κ3) is 2.12. The second kappa shape index (κ2) is 5.13. The number of hydrogen-bond acceptors (Lipinski definition) is 2. The molecule has 2 heterocycles. The molecule has 0 aliphatic carbocycles. The van der Waals surface area contributed by atoms with Crippen molar-refractivity contribution in [3.05, 3.63) is 0 Å². The second-order valence-electron chi connectivity index (χ2n) is 4.42. The topological polar surface area (TPSA) is 12.5 Å². The van der Waals surface area contributed by atoms with Crippen LogP contribution in [-0.4, -0.2) is 36.2 Å². The molecule has 2 aliphatic heterocycles. The zero-order valence-corrected chi connectivity index (χ0v) is 10.2. The van der Waals surface area contributed by atoms with Gasteiger partial charge in [0.1, 0.15) is 0 Å². The highest BCUT2D eigenvalue weighted by atomic mass is 16.5. The molecule has 2 heteroatoms. The minimum Gasteiger partial charge on any atom is -0.379 e. The summed E-state index contributed by atoms with van der Waals surface area (Å²) in [7, 11) is 0. The van der Waals surface area contributed by atoms with E-state index in [9.17, 15) is 0 Å². The smallest absolute Gasteiger partial charge is 0.0651 e. The Morgan fingerprint density at radius 3 is 2.43 bits per heavy atom. The lowest BCUT2D eigenvalue weighted by Crippen LogP contribution is -2.47. The van der Waals surface area contributed by atoms with E-state index >= 15 is 0 Å². The largest absolute Gasteiger partial charge is 0.379 e. The van der Waals surface area contributed by atoms with Gasteiger partial charge in [0.25, 0.3) is 0 Å². The van der Waals surface area contributed by atoms with Crippen LogP contribution in [0.4, 0.5) is 0 Å². The third-order valence-electron chi connectivity index (χ3n) is 3.36. The summed E-state index contributed by atoms with van der Waals surface area (Å²) in [6, 6.07) is 0.689. The normalized spacial score (nSPS) is 32.4. The highest BCUT2D eigenvalue weighted by Crippen LogP contribution is 2.37. The van der Waals surface area contributed by atoms with Gasteiger partial charge in [-0.1, -0.05) is 13.8 Å². The standard InChI is InChI=1S/C10H19NO.C2H6/c1-9(2)11-6-3-4-10(11)5-7-12-8-10;1-2/h9H,3-8H2,1-2H3;1-2H3. The van der Waals surface area contributed by atoms with Gasteiger partial charge in [-0.05, 0) is 39.7 Å². The molecule has 14 heavy (non-hydrogen) atoms. The summed E-state index contributed by atoms with van der Waals surface area (Å²) in [5.41, 5.74) is 0.439. The molecule has 0 aromatic heterocycles. The van der Waals surface area contributed by atoms with Crippen molar-refractivity contribution in [1.82, 2.24) is 4.90 Å². The maximum atomic E-state index is 5.52. The predicted octanol–water partition coefficient (Wildman–Crippen LogP) is 2.68. The van der Waals surface area contributed by atoms with Gasteiger partial charge < -0.3 is 4.74 Å². The van der Waals surface area contributed by atoms with Crippen molar-refractivity contribution in [1.29, 1.82) is 0 Å². The maximum Gasteiger partial charge on any atom is 0.0651 e. The first-order valence-corrected chi connectivity index (χ1v) is 6.09. The molecule has 0 bridgehead atoms. The molecular formula is C12H25NO. The highest BCUT2D eigenvalue weighted by molar-refractivity contribution is 4.99. The van der Waals surface area contributed by atoms with E-state index in [0.717, 1.165) is 13.2 Å². The van der Waals surface area contributed by atoms with Crippen LogP contribution in [0.5, 0.6) is 0 Å². The summed E-state index contributed by atoms with van der Waals surface area (Å²) in [6.45, 7) is 11.8. The average Bonchev–Trinajstić information content (AvgIpc) is 2.80. The van der Waals surface area contributed by atoms with Crippen molar-refractivity contribution in [2.45, 2.75) is 58.5 Å². The first-order valence-electron chi connectivity index (χ1n) is 6.09. The van der Waals surface area contributed by atoms with Gasteiger partial charge in [0.15, 0.2) is 0 Å². The van der Waals surface area contributed by atoms with Gasteiger partial charge in [-0.15, -0.1) is 0 Å². The van der Waals surface area contributed by atoms with Crippen molar-refractivity contribution in [3.63, 3.8) is 0 Å². The molecule has 2 rings (SSSR count). The third-order valence-corrected chi connectivity index (χ3v) is 3.36. The Balaban J connectivity index is 0.000000461. The molecule has 2 aliphatic rings. The number of nitrogens with zero attached hydrogens (tertiary/aromatic N) is 1. The zero-order chi connectivity index (χ0) is 10.6. The van der Waals surface area contributed by atoms with Gasteiger partial charge in [-0.2, -0.15) is 0 Å². The van der Waals surface area contributed by atoms with Gasteiger partial charge in [-0.3, -0.25) is 4.90 Å². The number of hydrogen-bond donors (Lipinski definition) is 0. The zero-order valence-electron chi connectivity index (χ0n) is 10.2. The first kappa shape index (κ1) is 12.0. The van der Waals surface area contributed by atoms with E-state index in [1.807, 2.05) is 13.8 Å². The quantitative estimate of drug-likeness (QED) is 0.644. The van der Waals surface area contributed by atoms with Crippen LogP contribution in [0.3, 0.4) is 0 Å². The van der Waals surface area contributed by atoms with E-state index in [4.69, 9.17) is 4.74 Å². The Morgan fingerprint density at radius 1 is 1.21 bits per heavy atom. The molecule has 2 fully saturated rings. The fourth-order valence-electron chi connectivity index (χ4n) is 2.79. The summed E-state index contributed by atoms with van der Waals surface area (Å²) < 4.78 is 5.52. The van der Waals surface area contributed by atoms with Gasteiger partial charge in [-0.25, -0.2) is 0 Å². The summed E-state index contributed by atoms with van der Waals surface area (Å²) in [5, 5.41) is 0. The molecule has 1 spiro atoms. The first-order chi connectivity index (χ1) is 6.75. The highest BCUT2D eigenvalue weighted by Gasteiger charge is 2.44. The van der Waals surface area contributed by atoms with Gasteiger partial charge in [0.05, 0.1) is 6.61 Å². The summed E-state index contributed by atoms with van der Waals surface area (Å²) in [6.07, 6.45) is 3.97. The Bertz CT molecular complexity index is 156. The van der Waals surface area contributed by atoms with Crippen molar-refractivity contribution in [2.24, 2.45) is 0 Å². The average molecular weight is 199 g/mol. The van der Waals surface area contributed by atoms with Crippen LogP contribution in [0.15, 0.2) is 0 Å². The van der Waals surface area contributed by atoms with Gasteiger partial charge in [0.2, 0.25) is 0 Å². The van der Waals surface area contributed by atoms with Gasteiger partial charge >= 0.3 is 0 Å². The number of likely N-dealkylation sites (tertiary alicyclic amines) is 1. The van der Waals surface area contributed by atoms with Crippen LogP contribution in [0.1, 0.15) is 47.0 Å². The lowest BCUT2D eigenvalue weighted by molar-refractivity contribution is 0.0784. The molecule has 0 amide bonds. The molecule has 0 radical (unpaired) electrons. The fraction of sp³-hybridized carbons (Fsp3) is 1.00. The summed E-state index contributed by atoms with van der Waals surface area (Å²) >= 11 is 0. The summed E-state index contributed by atoms with van der Waals surface area (Å²) in [5.74, 6) is 0. The molecule has 0 aromatic carbocycles. The van der Waals surface area contributed by atoms with Crippen molar-refractivity contribution in [3.8, 4) is 0 Å². The van der Waals surface area contributed by atoms with Crippen molar-refractivity contribution < 1.29 is 4.74 Å². The fourth-order valence-corrected chi connectivity index (χ4v) is 2.79. The van der Waals surface area contributed by atoms with Crippen molar-refractivity contribution >= 4 is 0 Å². The van der Waals surface area contributed by atoms with E-state index in [1.165, 1.54) is 25.8 Å². The second-order valence-corrected chi connectivity index (χ2v) is 4.42. The SMILES string of the molecule is CC.CC(C)N1CCCC12CCOC2. The molecular weight excluding hydrogens is 174 g/mol. The van der Waals surface area contributed by atoms with E-state index in [1.54, 1.807) is 0 Å². The van der Waals surface area contributed by atoms with Crippen LogP contribution in [0, 0.1) is 0 Å². The van der Waals surface area contributed by atoms with Crippen LogP contribution >= 0.6 is 0 Å². The summed E-state index contributed by atoms with van der Waals surface area (Å²) in [4.78, 5) is 2.64. The Hall–Kier alpha value is -0.0800. The molecule has 2 nitrogen and oxygen atoms in total. The number of rotatable bonds is 1. The molecule has 84 valence electrons. The molecule has 1 atom stereocenters. The molecule has 1 unspecified atom stereocenters. The van der Waals surface area contributed by atoms with Crippen LogP contribution in [-0.2, 0) is 4.74 Å². The van der Waals surface area contributed by atoms with E-state index in [-0.39, 0.29) is 0 Å². The molecule has 2 saturated heterocycles.